The number of hydrogen-bond acceptors (Lipinski definition) is 4. The molecule has 0 aliphatic carbocycles. The van der Waals surface area contributed by atoms with Gasteiger partial charge in [0, 0.05) is 18.1 Å². The van der Waals surface area contributed by atoms with E-state index >= 15 is 0 Å². The number of hydrogen-bond donors (Lipinski definition) is 3. The largest absolute Gasteiger partial charge is 0.479 e. The van der Waals surface area contributed by atoms with E-state index in [-0.39, 0.29) is 6.54 Å². The molecule has 7 nitrogen and oxygen atoms in total. The highest BCUT2D eigenvalue weighted by Gasteiger charge is 2.05. The summed E-state index contributed by atoms with van der Waals surface area (Å²) in [5.41, 5.74) is 3.65. The first-order valence-electron chi connectivity index (χ1n) is 5.87. The lowest BCUT2D eigenvalue weighted by Crippen LogP contribution is -2.36. The number of urea groups is 1. The first kappa shape index (κ1) is 13.8. The van der Waals surface area contributed by atoms with Crippen LogP contribution in [0.15, 0.2) is 36.5 Å². The summed E-state index contributed by atoms with van der Waals surface area (Å²) in [7, 11) is 0. The molecule has 7 heteroatoms. The monoisotopic (exact) mass is 275 g/mol. The van der Waals surface area contributed by atoms with Crippen LogP contribution in [0.5, 0.6) is 0 Å². The zero-order chi connectivity index (χ0) is 14.4. The lowest BCUT2D eigenvalue weighted by molar-refractivity contribution is -0.144. The van der Waals surface area contributed by atoms with Crippen LogP contribution in [0.1, 0.15) is 5.56 Å². The van der Waals surface area contributed by atoms with Crippen molar-refractivity contribution in [1.82, 2.24) is 15.8 Å². The molecule has 0 aliphatic heterocycles. The lowest BCUT2D eigenvalue weighted by Gasteiger charge is -2.08. The summed E-state index contributed by atoms with van der Waals surface area (Å²) < 4.78 is 0. The van der Waals surface area contributed by atoms with E-state index in [4.69, 9.17) is 5.11 Å². The molecular formula is C13H13N3O4. The number of carbonyl (C=O) groups excluding carboxylic acids is 1. The minimum atomic E-state index is -1.16. The highest BCUT2D eigenvalue weighted by Crippen LogP contribution is 2.15. The van der Waals surface area contributed by atoms with Crippen molar-refractivity contribution < 1.29 is 19.5 Å². The van der Waals surface area contributed by atoms with Crippen molar-refractivity contribution in [3.8, 4) is 0 Å². The van der Waals surface area contributed by atoms with E-state index in [0.29, 0.717) is 0 Å². The molecule has 2 amide bonds. The van der Waals surface area contributed by atoms with E-state index < -0.39 is 18.6 Å². The van der Waals surface area contributed by atoms with E-state index in [2.05, 4.69) is 15.1 Å². The molecule has 104 valence electrons. The van der Waals surface area contributed by atoms with Crippen molar-refractivity contribution in [2.45, 2.75) is 6.54 Å². The number of aliphatic carboxylic acids is 1. The number of pyridine rings is 1. The number of amides is 2. The fourth-order valence-electron chi connectivity index (χ4n) is 1.69. The average Bonchev–Trinajstić information content (AvgIpc) is 2.44. The van der Waals surface area contributed by atoms with Crippen LogP contribution in [0.4, 0.5) is 4.79 Å². The second-order valence-electron chi connectivity index (χ2n) is 3.96. The third-order valence-corrected chi connectivity index (χ3v) is 2.52. The van der Waals surface area contributed by atoms with Gasteiger partial charge in [0.25, 0.3) is 0 Å². The number of fused-ring (bicyclic) bond motifs is 1. The normalized spacial score (nSPS) is 10.2. The van der Waals surface area contributed by atoms with Gasteiger partial charge in [-0.1, -0.05) is 24.3 Å². The maximum atomic E-state index is 11.4. The van der Waals surface area contributed by atoms with Gasteiger partial charge in [0.1, 0.15) is 0 Å². The van der Waals surface area contributed by atoms with E-state index in [1.54, 1.807) is 6.20 Å². The summed E-state index contributed by atoms with van der Waals surface area (Å²) >= 11 is 0. The highest BCUT2D eigenvalue weighted by molar-refractivity contribution is 5.82. The zero-order valence-corrected chi connectivity index (χ0v) is 10.5. The SMILES string of the molecule is O=C(O)CONC(=O)NCc1cccc2cccnc12. The van der Waals surface area contributed by atoms with Gasteiger partial charge in [-0.25, -0.2) is 15.1 Å². The van der Waals surface area contributed by atoms with Crippen molar-refractivity contribution in [2.24, 2.45) is 0 Å². The van der Waals surface area contributed by atoms with E-state index in [9.17, 15) is 9.59 Å². The Hall–Kier alpha value is -2.67. The molecular weight excluding hydrogens is 262 g/mol. The lowest BCUT2D eigenvalue weighted by atomic mass is 10.1. The molecule has 0 bridgehead atoms. The number of nitrogens with one attached hydrogen (secondary N) is 2. The Bertz CT molecular complexity index is 625. The Balaban J connectivity index is 1.92. The second-order valence-corrected chi connectivity index (χ2v) is 3.96. The predicted molar refractivity (Wildman–Crippen MR) is 70.7 cm³/mol. The summed E-state index contributed by atoms with van der Waals surface area (Å²) in [6.45, 7) is -0.333. The van der Waals surface area contributed by atoms with Gasteiger partial charge in [-0.3, -0.25) is 9.82 Å². The number of rotatable bonds is 5. The number of para-hydroxylation sites is 1. The molecule has 2 aromatic rings. The molecule has 3 N–H and O–H groups in total. The predicted octanol–water partition coefficient (Wildman–Crippen LogP) is 1.05. The number of hydroxylamine groups is 1. The molecule has 0 unspecified atom stereocenters. The maximum Gasteiger partial charge on any atom is 0.338 e. The van der Waals surface area contributed by atoms with Crippen molar-refractivity contribution in [3.63, 3.8) is 0 Å². The number of carbonyl (C=O) groups is 2. The van der Waals surface area contributed by atoms with Gasteiger partial charge >= 0.3 is 12.0 Å². The van der Waals surface area contributed by atoms with E-state index in [1.807, 2.05) is 35.8 Å². The summed E-state index contributed by atoms with van der Waals surface area (Å²) in [6, 6.07) is 8.82. The highest BCUT2D eigenvalue weighted by atomic mass is 16.7. The van der Waals surface area contributed by atoms with Gasteiger partial charge in [-0.15, -0.1) is 0 Å². The first-order chi connectivity index (χ1) is 9.66. The quantitative estimate of drug-likeness (QED) is 0.708. The summed E-state index contributed by atoms with van der Waals surface area (Å²) in [4.78, 5) is 30.3. The third-order valence-electron chi connectivity index (χ3n) is 2.52. The topological polar surface area (TPSA) is 101 Å². The Kier molecular flexibility index (Phi) is 4.46. The molecule has 0 aliphatic rings. The average molecular weight is 275 g/mol. The van der Waals surface area contributed by atoms with Gasteiger partial charge in [0.15, 0.2) is 6.61 Å². The molecule has 0 fully saturated rings. The molecule has 0 saturated heterocycles. The molecule has 0 spiro atoms. The molecule has 2 rings (SSSR count). The van der Waals surface area contributed by atoms with Crippen LogP contribution in [0.2, 0.25) is 0 Å². The first-order valence-corrected chi connectivity index (χ1v) is 5.87. The van der Waals surface area contributed by atoms with Gasteiger partial charge in [-0.2, -0.15) is 0 Å². The maximum absolute atomic E-state index is 11.4. The number of benzene rings is 1. The van der Waals surface area contributed by atoms with E-state index in [1.165, 1.54) is 0 Å². The van der Waals surface area contributed by atoms with Gasteiger partial charge < -0.3 is 10.4 Å². The minimum absolute atomic E-state index is 0.261. The molecule has 1 heterocycles. The van der Waals surface area contributed by atoms with Crippen LogP contribution in [0, 0.1) is 0 Å². The second kappa shape index (κ2) is 6.48. The Morgan fingerprint density at radius 3 is 2.85 bits per heavy atom. The summed E-state index contributed by atoms with van der Waals surface area (Å²) in [6.07, 6.45) is 1.68. The molecule has 1 aromatic heterocycles. The van der Waals surface area contributed by atoms with Crippen molar-refractivity contribution in [1.29, 1.82) is 0 Å². The zero-order valence-electron chi connectivity index (χ0n) is 10.5. The van der Waals surface area contributed by atoms with Crippen LogP contribution in [0.3, 0.4) is 0 Å². The van der Waals surface area contributed by atoms with Crippen LogP contribution in [-0.2, 0) is 16.2 Å². The molecule has 0 radical (unpaired) electrons. The fourth-order valence-corrected chi connectivity index (χ4v) is 1.69. The minimum Gasteiger partial charge on any atom is -0.479 e. The Labute approximate surface area is 114 Å². The summed E-state index contributed by atoms with van der Waals surface area (Å²) in [5, 5.41) is 11.9. The number of aromatic nitrogens is 1. The smallest absolute Gasteiger partial charge is 0.338 e. The molecule has 20 heavy (non-hydrogen) atoms. The van der Waals surface area contributed by atoms with Crippen molar-refractivity contribution >= 4 is 22.9 Å². The van der Waals surface area contributed by atoms with Gasteiger partial charge in [0.2, 0.25) is 0 Å². The van der Waals surface area contributed by atoms with Crippen LogP contribution in [0.25, 0.3) is 10.9 Å². The Morgan fingerprint density at radius 1 is 1.25 bits per heavy atom. The number of carboxylic acid groups (broad SMARTS) is 1. The molecule has 0 atom stereocenters. The van der Waals surface area contributed by atoms with Crippen molar-refractivity contribution in [3.05, 3.63) is 42.1 Å². The Morgan fingerprint density at radius 2 is 2.05 bits per heavy atom. The van der Waals surface area contributed by atoms with Crippen molar-refractivity contribution in [2.75, 3.05) is 6.61 Å². The molecule has 0 saturated carbocycles. The summed E-state index contributed by atoms with van der Waals surface area (Å²) in [5.74, 6) is -1.16. The van der Waals surface area contributed by atoms with Crippen LogP contribution >= 0.6 is 0 Å². The molecule has 1 aromatic carbocycles. The van der Waals surface area contributed by atoms with Gasteiger partial charge in [0.05, 0.1) is 5.52 Å². The van der Waals surface area contributed by atoms with E-state index in [0.717, 1.165) is 16.5 Å². The van der Waals surface area contributed by atoms with Crippen LogP contribution < -0.4 is 10.8 Å². The number of nitrogens with zero attached hydrogens (tertiary/aromatic N) is 1. The number of carboxylic acids is 1. The fraction of sp³-hybridized carbons (Fsp3) is 0.154. The van der Waals surface area contributed by atoms with Gasteiger partial charge in [-0.05, 0) is 11.6 Å². The standard InChI is InChI=1S/C13H13N3O4/c17-11(18)8-20-16-13(19)15-7-10-4-1-3-9-5-2-6-14-12(9)10/h1-6H,7-8H2,(H,17,18)(H2,15,16,19). The third kappa shape index (κ3) is 3.66. The van der Waals surface area contributed by atoms with Crippen LogP contribution in [-0.4, -0.2) is 28.7 Å².